The highest BCUT2D eigenvalue weighted by molar-refractivity contribution is 5.17. The van der Waals surface area contributed by atoms with Crippen LogP contribution in [0.2, 0.25) is 0 Å². The van der Waals surface area contributed by atoms with E-state index >= 15 is 0 Å². The van der Waals surface area contributed by atoms with Crippen molar-refractivity contribution in [3.8, 4) is 0 Å². The molecule has 0 nitrogen and oxygen atoms in total. The molecule has 2 aliphatic rings. The summed E-state index contributed by atoms with van der Waals surface area (Å²) in [4.78, 5) is 0. The van der Waals surface area contributed by atoms with Crippen molar-refractivity contribution >= 4 is 0 Å². The first-order chi connectivity index (χ1) is 5.42. The first-order valence-electron chi connectivity index (χ1n) is 4.77. The Labute approximate surface area is 69.0 Å². The SMILES string of the molecule is CC[C@H]1CCC2C=CC=CC21. The molecule has 60 valence electrons. The van der Waals surface area contributed by atoms with Gasteiger partial charge in [0.2, 0.25) is 0 Å². The Morgan fingerprint density at radius 1 is 1.18 bits per heavy atom. The molecule has 0 aliphatic heterocycles. The lowest BCUT2D eigenvalue weighted by molar-refractivity contribution is 0.408. The third-order valence-corrected chi connectivity index (χ3v) is 3.24. The number of hydrogen-bond donors (Lipinski definition) is 0. The molecule has 0 aromatic heterocycles. The van der Waals surface area contributed by atoms with E-state index in [-0.39, 0.29) is 0 Å². The van der Waals surface area contributed by atoms with Crippen molar-refractivity contribution < 1.29 is 0 Å². The average molecular weight is 148 g/mol. The van der Waals surface area contributed by atoms with Gasteiger partial charge in [0.05, 0.1) is 0 Å². The van der Waals surface area contributed by atoms with Crippen molar-refractivity contribution in [2.45, 2.75) is 26.2 Å². The number of allylic oxidation sites excluding steroid dienone is 4. The fraction of sp³-hybridized carbons (Fsp3) is 0.636. The summed E-state index contributed by atoms with van der Waals surface area (Å²) < 4.78 is 0. The molecule has 3 atom stereocenters. The zero-order valence-electron chi connectivity index (χ0n) is 7.16. The van der Waals surface area contributed by atoms with Crippen LogP contribution in [0.5, 0.6) is 0 Å². The summed E-state index contributed by atoms with van der Waals surface area (Å²) >= 11 is 0. The summed E-state index contributed by atoms with van der Waals surface area (Å²) in [6, 6.07) is 0. The third-order valence-electron chi connectivity index (χ3n) is 3.24. The zero-order valence-corrected chi connectivity index (χ0v) is 7.16. The zero-order chi connectivity index (χ0) is 7.68. The number of hydrogen-bond acceptors (Lipinski definition) is 0. The molecule has 0 saturated heterocycles. The maximum absolute atomic E-state index is 2.41. The molecule has 2 rings (SSSR count). The van der Waals surface area contributed by atoms with Crippen LogP contribution < -0.4 is 0 Å². The van der Waals surface area contributed by atoms with Crippen molar-refractivity contribution in [1.29, 1.82) is 0 Å². The monoisotopic (exact) mass is 148 g/mol. The Balaban J connectivity index is 2.13. The van der Waals surface area contributed by atoms with Gasteiger partial charge in [0.25, 0.3) is 0 Å². The Morgan fingerprint density at radius 2 is 2.00 bits per heavy atom. The molecule has 0 heterocycles. The molecule has 0 aromatic rings. The lowest BCUT2D eigenvalue weighted by Gasteiger charge is -2.20. The maximum Gasteiger partial charge on any atom is -0.0139 e. The Hall–Kier alpha value is -0.520. The van der Waals surface area contributed by atoms with Gasteiger partial charge in [-0.1, -0.05) is 37.6 Å². The lowest BCUT2D eigenvalue weighted by atomic mass is 9.85. The van der Waals surface area contributed by atoms with Crippen LogP contribution in [0.3, 0.4) is 0 Å². The predicted octanol–water partition coefficient (Wildman–Crippen LogP) is 3.16. The quantitative estimate of drug-likeness (QED) is 0.536. The van der Waals surface area contributed by atoms with Gasteiger partial charge in [-0.25, -0.2) is 0 Å². The Bertz CT molecular complexity index is 188. The molecule has 0 bridgehead atoms. The molecule has 1 saturated carbocycles. The van der Waals surface area contributed by atoms with Gasteiger partial charge in [-0.3, -0.25) is 0 Å². The summed E-state index contributed by atoms with van der Waals surface area (Å²) in [5.74, 6) is 2.73. The summed E-state index contributed by atoms with van der Waals surface area (Å²) in [5.41, 5.74) is 0. The second-order valence-corrected chi connectivity index (χ2v) is 3.76. The summed E-state index contributed by atoms with van der Waals surface area (Å²) in [6.45, 7) is 2.32. The van der Waals surface area contributed by atoms with Gasteiger partial charge < -0.3 is 0 Å². The van der Waals surface area contributed by atoms with Crippen LogP contribution in [0.4, 0.5) is 0 Å². The summed E-state index contributed by atoms with van der Waals surface area (Å²) in [7, 11) is 0. The molecule has 1 fully saturated rings. The fourth-order valence-electron chi connectivity index (χ4n) is 2.54. The molecule has 2 aliphatic carbocycles. The van der Waals surface area contributed by atoms with Crippen molar-refractivity contribution in [2.24, 2.45) is 17.8 Å². The van der Waals surface area contributed by atoms with E-state index in [0.29, 0.717) is 0 Å². The van der Waals surface area contributed by atoms with E-state index in [0.717, 1.165) is 17.8 Å². The smallest absolute Gasteiger partial charge is 0.0139 e. The van der Waals surface area contributed by atoms with Crippen LogP contribution in [0.15, 0.2) is 24.3 Å². The topological polar surface area (TPSA) is 0 Å². The minimum atomic E-state index is 0.880. The van der Waals surface area contributed by atoms with Gasteiger partial charge in [0.15, 0.2) is 0 Å². The van der Waals surface area contributed by atoms with Crippen LogP contribution in [-0.2, 0) is 0 Å². The van der Waals surface area contributed by atoms with E-state index in [1.165, 1.54) is 19.3 Å². The number of fused-ring (bicyclic) bond motifs is 1. The molecule has 11 heavy (non-hydrogen) atoms. The predicted molar refractivity (Wildman–Crippen MR) is 48.3 cm³/mol. The molecular formula is C11H16. The Kier molecular flexibility index (Phi) is 1.85. The van der Waals surface area contributed by atoms with Crippen molar-refractivity contribution in [3.05, 3.63) is 24.3 Å². The van der Waals surface area contributed by atoms with E-state index in [1.807, 2.05) is 0 Å². The van der Waals surface area contributed by atoms with Gasteiger partial charge >= 0.3 is 0 Å². The van der Waals surface area contributed by atoms with E-state index < -0.39 is 0 Å². The normalized spacial score (nSPS) is 41.0. The first kappa shape index (κ1) is 7.15. The van der Waals surface area contributed by atoms with Crippen LogP contribution in [0, 0.1) is 17.8 Å². The Morgan fingerprint density at radius 3 is 2.82 bits per heavy atom. The highest BCUT2D eigenvalue weighted by Gasteiger charge is 2.31. The van der Waals surface area contributed by atoms with Crippen molar-refractivity contribution in [1.82, 2.24) is 0 Å². The van der Waals surface area contributed by atoms with E-state index in [1.54, 1.807) is 0 Å². The molecule has 0 radical (unpaired) electrons. The van der Waals surface area contributed by atoms with Gasteiger partial charge in [-0.15, -0.1) is 0 Å². The molecule has 0 spiro atoms. The summed E-state index contributed by atoms with van der Waals surface area (Å²) in [6.07, 6.45) is 13.4. The molecular weight excluding hydrogens is 132 g/mol. The van der Waals surface area contributed by atoms with Crippen LogP contribution in [-0.4, -0.2) is 0 Å². The van der Waals surface area contributed by atoms with Gasteiger partial charge in [-0.2, -0.15) is 0 Å². The minimum Gasteiger partial charge on any atom is -0.0808 e. The van der Waals surface area contributed by atoms with Crippen molar-refractivity contribution in [3.63, 3.8) is 0 Å². The van der Waals surface area contributed by atoms with E-state index in [9.17, 15) is 0 Å². The molecule has 0 amide bonds. The molecule has 0 aromatic carbocycles. The summed E-state index contributed by atoms with van der Waals surface area (Å²) in [5, 5.41) is 0. The lowest BCUT2D eigenvalue weighted by Crippen LogP contribution is -2.11. The van der Waals surface area contributed by atoms with Gasteiger partial charge in [-0.05, 0) is 30.6 Å². The van der Waals surface area contributed by atoms with Gasteiger partial charge in [0.1, 0.15) is 0 Å². The average Bonchev–Trinajstić information content (AvgIpc) is 2.47. The fourth-order valence-corrected chi connectivity index (χ4v) is 2.54. The molecule has 0 N–H and O–H groups in total. The van der Waals surface area contributed by atoms with Crippen LogP contribution >= 0.6 is 0 Å². The maximum atomic E-state index is 2.41. The third kappa shape index (κ3) is 1.15. The minimum absolute atomic E-state index is 0.880. The van der Waals surface area contributed by atoms with Crippen molar-refractivity contribution in [2.75, 3.05) is 0 Å². The number of rotatable bonds is 1. The van der Waals surface area contributed by atoms with E-state index in [4.69, 9.17) is 0 Å². The van der Waals surface area contributed by atoms with Gasteiger partial charge in [0, 0.05) is 0 Å². The van der Waals surface area contributed by atoms with Crippen LogP contribution in [0.25, 0.3) is 0 Å². The largest absolute Gasteiger partial charge is 0.0808 e. The second kappa shape index (κ2) is 2.84. The standard InChI is InChI=1S/C11H16/c1-2-9-7-8-10-5-3-4-6-11(9)10/h3-6,9-11H,2,7-8H2,1H3/t9-,10?,11?/m0/s1. The van der Waals surface area contributed by atoms with E-state index in [2.05, 4.69) is 31.2 Å². The highest BCUT2D eigenvalue weighted by Crippen LogP contribution is 2.41. The second-order valence-electron chi connectivity index (χ2n) is 3.76. The highest BCUT2D eigenvalue weighted by atomic mass is 14.4. The van der Waals surface area contributed by atoms with Crippen LogP contribution in [0.1, 0.15) is 26.2 Å². The molecule has 0 heteroatoms. The first-order valence-corrected chi connectivity index (χ1v) is 4.77. The molecule has 2 unspecified atom stereocenters.